The molecule has 0 aliphatic heterocycles. The molecule has 0 aromatic heterocycles. The highest BCUT2D eigenvalue weighted by Gasteiger charge is 2.35. The maximum absolute atomic E-state index is 2.44. The van der Waals surface area contributed by atoms with E-state index >= 15 is 0 Å². The third-order valence-corrected chi connectivity index (χ3v) is 11.9. The number of hydrogen-bond donors (Lipinski definition) is 0. The van der Waals surface area contributed by atoms with Gasteiger partial charge in [0.1, 0.15) is 0 Å². The second-order valence-electron chi connectivity index (χ2n) is 15.7. The molecule has 0 spiro atoms. The van der Waals surface area contributed by atoms with E-state index < -0.39 is 0 Å². The molecule has 0 radical (unpaired) electrons. The van der Waals surface area contributed by atoms with Crippen molar-refractivity contribution in [3.8, 4) is 44.5 Å². The molecule has 0 bridgehead atoms. The molecule has 1 heteroatoms. The zero-order valence-corrected chi connectivity index (χ0v) is 33.7. The highest BCUT2D eigenvalue weighted by atomic mass is 15.1. The Bertz CT molecular complexity index is 2690. The number of allylic oxidation sites excluding steroid dienone is 4. The fourth-order valence-electron chi connectivity index (χ4n) is 8.75. The number of hydrogen-bond acceptors (Lipinski definition) is 1. The Morgan fingerprint density at radius 1 is 0.431 bits per heavy atom. The van der Waals surface area contributed by atoms with E-state index in [4.69, 9.17) is 0 Å². The molecule has 9 rings (SSSR count). The zero-order valence-electron chi connectivity index (χ0n) is 33.7. The van der Waals surface area contributed by atoms with Crippen LogP contribution >= 0.6 is 0 Å². The minimum atomic E-state index is -0.0676. The zero-order chi connectivity index (χ0) is 39.6. The van der Waals surface area contributed by atoms with Crippen LogP contribution in [0.4, 0.5) is 17.1 Å². The van der Waals surface area contributed by atoms with E-state index in [1.54, 1.807) is 0 Å². The lowest BCUT2D eigenvalue weighted by Gasteiger charge is -2.27. The summed E-state index contributed by atoms with van der Waals surface area (Å²) in [5.74, 6) is 0. The molecule has 0 amide bonds. The Morgan fingerprint density at radius 3 is 1.48 bits per heavy atom. The molecule has 0 saturated heterocycles. The summed E-state index contributed by atoms with van der Waals surface area (Å²) >= 11 is 0. The SMILES string of the molecule is C/C=C\C(=C(/C)c1ccc2c(c1)C(C)(C)c1ccccc1-2)c1ccc(N(c2ccc(-c3ccccc3)cc2)c2ccc(-c3ccccc3)cc2)cc1-c1ccccc1. The van der Waals surface area contributed by atoms with Gasteiger partial charge in [-0.15, -0.1) is 0 Å². The van der Waals surface area contributed by atoms with Crippen LogP contribution in [0.3, 0.4) is 0 Å². The summed E-state index contributed by atoms with van der Waals surface area (Å²) in [6.07, 6.45) is 4.45. The third-order valence-electron chi connectivity index (χ3n) is 11.9. The first-order valence-electron chi connectivity index (χ1n) is 20.3. The molecule has 0 atom stereocenters. The van der Waals surface area contributed by atoms with Gasteiger partial charge in [-0.3, -0.25) is 0 Å². The molecule has 280 valence electrons. The molecule has 0 N–H and O–H groups in total. The van der Waals surface area contributed by atoms with Crippen molar-refractivity contribution in [2.75, 3.05) is 4.90 Å². The summed E-state index contributed by atoms with van der Waals surface area (Å²) in [6.45, 7) is 9.11. The van der Waals surface area contributed by atoms with Crippen molar-refractivity contribution in [2.45, 2.75) is 33.1 Å². The van der Waals surface area contributed by atoms with E-state index in [1.807, 2.05) is 0 Å². The largest absolute Gasteiger partial charge is 0.310 e. The minimum Gasteiger partial charge on any atom is -0.310 e. The van der Waals surface area contributed by atoms with Crippen LogP contribution in [0.1, 0.15) is 49.9 Å². The second-order valence-corrected chi connectivity index (χ2v) is 15.7. The first-order chi connectivity index (χ1) is 28.4. The quantitative estimate of drug-likeness (QED) is 0.105. The van der Waals surface area contributed by atoms with Gasteiger partial charge in [-0.1, -0.05) is 184 Å². The lowest BCUT2D eigenvalue weighted by molar-refractivity contribution is 0.660. The topological polar surface area (TPSA) is 3.24 Å². The van der Waals surface area contributed by atoms with Crippen LogP contribution in [0, 0.1) is 0 Å². The lowest BCUT2D eigenvalue weighted by Crippen LogP contribution is -2.15. The molecule has 0 heterocycles. The highest BCUT2D eigenvalue weighted by Crippen LogP contribution is 2.50. The maximum atomic E-state index is 2.44. The molecular weight excluding hydrogens is 699 g/mol. The average Bonchev–Trinajstić information content (AvgIpc) is 3.52. The highest BCUT2D eigenvalue weighted by molar-refractivity contribution is 6.00. The summed E-state index contributed by atoms with van der Waals surface area (Å²) in [4.78, 5) is 2.38. The number of anilines is 3. The number of benzene rings is 8. The van der Waals surface area contributed by atoms with E-state index in [0.29, 0.717) is 0 Å². The Morgan fingerprint density at radius 2 is 0.914 bits per heavy atom. The van der Waals surface area contributed by atoms with Crippen molar-refractivity contribution in [1.82, 2.24) is 0 Å². The van der Waals surface area contributed by atoms with Crippen LogP contribution in [0.2, 0.25) is 0 Å². The number of rotatable bonds is 9. The predicted octanol–water partition coefficient (Wildman–Crippen LogP) is 16.0. The van der Waals surface area contributed by atoms with E-state index in [1.165, 1.54) is 77.9 Å². The van der Waals surface area contributed by atoms with Crippen LogP contribution in [0.25, 0.3) is 55.7 Å². The van der Waals surface area contributed by atoms with Gasteiger partial charge < -0.3 is 4.90 Å². The molecule has 0 fully saturated rings. The third kappa shape index (κ3) is 6.80. The van der Waals surface area contributed by atoms with E-state index in [9.17, 15) is 0 Å². The van der Waals surface area contributed by atoms with Gasteiger partial charge in [-0.2, -0.15) is 0 Å². The van der Waals surface area contributed by atoms with Gasteiger partial charge in [-0.25, -0.2) is 0 Å². The molecule has 1 nitrogen and oxygen atoms in total. The lowest BCUT2D eigenvalue weighted by atomic mass is 9.81. The summed E-state index contributed by atoms with van der Waals surface area (Å²) in [7, 11) is 0. The molecule has 58 heavy (non-hydrogen) atoms. The van der Waals surface area contributed by atoms with Gasteiger partial charge in [0.25, 0.3) is 0 Å². The van der Waals surface area contributed by atoms with Crippen molar-refractivity contribution in [3.05, 3.63) is 235 Å². The standard InChI is InChI=1S/C57H47N/c1-5-17-50(40(2)46-30-36-53-52-24-15-16-25-55(52)57(3,4)56(53)38-46)51-37-35-49(39-54(51)45-22-13-8-14-23-45)58(47-31-26-43(27-32-47)41-18-9-6-10-19-41)48-33-28-44(29-34-48)42-20-11-7-12-21-42/h5-39H,1-4H3/b17-5-,50-40-. The van der Waals surface area contributed by atoms with Crippen LogP contribution in [-0.2, 0) is 5.41 Å². The monoisotopic (exact) mass is 745 g/mol. The van der Waals surface area contributed by atoms with Crippen molar-refractivity contribution < 1.29 is 0 Å². The van der Waals surface area contributed by atoms with Crippen molar-refractivity contribution in [2.24, 2.45) is 0 Å². The fraction of sp³-hybridized carbons (Fsp3) is 0.0877. The Labute approximate surface area is 343 Å². The fourth-order valence-corrected chi connectivity index (χ4v) is 8.75. The molecular formula is C57H47N. The molecule has 1 aliphatic rings. The van der Waals surface area contributed by atoms with Gasteiger partial charge in [0.2, 0.25) is 0 Å². The van der Waals surface area contributed by atoms with E-state index in [-0.39, 0.29) is 5.41 Å². The average molecular weight is 746 g/mol. The Kier molecular flexibility index (Phi) is 9.81. The summed E-state index contributed by atoms with van der Waals surface area (Å²) < 4.78 is 0. The maximum Gasteiger partial charge on any atom is 0.0468 e. The molecule has 1 aliphatic carbocycles. The van der Waals surface area contributed by atoms with Gasteiger partial charge in [0.05, 0.1) is 0 Å². The number of nitrogens with zero attached hydrogens (tertiary/aromatic N) is 1. The Balaban J connectivity index is 1.19. The first kappa shape index (κ1) is 36.7. The van der Waals surface area contributed by atoms with Crippen LogP contribution in [0.15, 0.2) is 212 Å². The molecule has 8 aromatic carbocycles. The van der Waals surface area contributed by atoms with Crippen molar-refractivity contribution in [3.63, 3.8) is 0 Å². The van der Waals surface area contributed by atoms with Crippen LogP contribution < -0.4 is 4.90 Å². The van der Waals surface area contributed by atoms with Gasteiger partial charge >= 0.3 is 0 Å². The minimum absolute atomic E-state index is 0.0676. The predicted molar refractivity (Wildman–Crippen MR) is 249 cm³/mol. The van der Waals surface area contributed by atoms with Gasteiger partial charge in [0, 0.05) is 22.5 Å². The summed E-state index contributed by atoms with van der Waals surface area (Å²) in [6, 6.07) is 72.9. The first-order valence-corrected chi connectivity index (χ1v) is 20.3. The Hall–Kier alpha value is -6.96. The molecule has 8 aromatic rings. The van der Waals surface area contributed by atoms with E-state index in [2.05, 4.69) is 245 Å². The smallest absolute Gasteiger partial charge is 0.0468 e. The van der Waals surface area contributed by atoms with Crippen LogP contribution in [-0.4, -0.2) is 0 Å². The summed E-state index contributed by atoms with van der Waals surface area (Å²) in [5, 5.41) is 0. The number of fused-ring (bicyclic) bond motifs is 3. The van der Waals surface area contributed by atoms with Gasteiger partial charge in [-0.05, 0) is 134 Å². The van der Waals surface area contributed by atoms with E-state index in [0.717, 1.165) is 17.1 Å². The van der Waals surface area contributed by atoms with Crippen molar-refractivity contribution >= 4 is 28.2 Å². The molecule has 0 saturated carbocycles. The van der Waals surface area contributed by atoms with Gasteiger partial charge in [0.15, 0.2) is 0 Å². The normalized spacial score (nSPS) is 13.2. The molecule has 0 unspecified atom stereocenters. The van der Waals surface area contributed by atoms with Crippen LogP contribution in [0.5, 0.6) is 0 Å². The van der Waals surface area contributed by atoms with Crippen molar-refractivity contribution in [1.29, 1.82) is 0 Å². The summed E-state index contributed by atoms with van der Waals surface area (Å²) in [5.41, 5.74) is 20.8. The second kappa shape index (κ2) is 15.5.